The number of para-hydroxylation sites is 1. The van der Waals surface area contributed by atoms with Gasteiger partial charge in [0.15, 0.2) is 11.5 Å². The van der Waals surface area contributed by atoms with Crippen LogP contribution in [0, 0.1) is 0 Å². The molecule has 2 aliphatic rings. The van der Waals surface area contributed by atoms with Gasteiger partial charge in [0.2, 0.25) is 5.78 Å². The van der Waals surface area contributed by atoms with Crippen LogP contribution < -0.4 is 4.90 Å². The fourth-order valence-corrected chi connectivity index (χ4v) is 4.42. The highest BCUT2D eigenvalue weighted by molar-refractivity contribution is 6.15. The molecule has 164 valence electrons. The molecule has 4 heterocycles. The molecule has 0 aliphatic carbocycles. The molecule has 32 heavy (non-hydrogen) atoms. The van der Waals surface area contributed by atoms with Crippen molar-refractivity contribution in [1.29, 1.82) is 0 Å². The Morgan fingerprint density at radius 2 is 2.00 bits per heavy atom. The van der Waals surface area contributed by atoms with Crippen molar-refractivity contribution in [2.45, 2.75) is 6.04 Å². The number of Topliss-reactive ketones (excluding diaryl/α,β-unsaturated/α-hetero) is 1. The molecule has 5 rings (SSSR count). The Morgan fingerprint density at radius 3 is 2.75 bits per heavy atom. The number of aromatic nitrogens is 1. The minimum absolute atomic E-state index is 0.0269. The van der Waals surface area contributed by atoms with Crippen molar-refractivity contribution in [3.63, 3.8) is 0 Å². The van der Waals surface area contributed by atoms with Gasteiger partial charge in [0.05, 0.1) is 37.9 Å². The molecule has 2 aliphatic heterocycles. The van der Waals surface area contributed by atoms with Crippen molar-refractivity contribution in [2.24, 2.45) is 0 Å². The van der Waals surface area contributed by atoms with E-state index < -0.39 is 23.5 Å². The molecule has 0 bridgehead atoms. The van der Waals surface area contributed by atoms with E-state index in [1.54, 1.807) is 35.5 Å². The van der Waals surface area contributed by atoms with Gasteiger partial charge in [-0.05, 0) is 23.8 Å². The van der Waals surface area contributed by atoms with Crippen LogP contribution in [0.15, 0.2) is 70.6 Å². The lowest BCUT2D eigenvalue weighted by atomic mass is 9.96. The van der Waals surface area contributed by atoms with E-state index in [2.05, 4.69) is 4.98 Å². The topological polar surface area (TPSA) is 97.3 Å². The van der Waals surface area contributed by atoms with Gasteiger partial charge in [-0.15, -0.1) is 0 Å². The summed E-state index contributed by atoms with van der Waals surface area (Å²) >= 11 is 0. The quantitative estimate of drug-likeness (QED) is 0.568. The van der Waals surface area contributed by atoms with Crippen LogP contribution in [-0.4, -0.2) is 66.1 Å². The summed E-state index contributed by atoms with van der Waals surface area (Å²) in [5.41, 5.74) is 1.27. The monoisotopic (exact) mass is 434 g/mol. The molecule has 1 aromatic carbocycles. The number of aliphatic hydroxyl groups is 1. The number of rotatable bonds is 6. The molecule has 8 heteroatoms. The zero-order valence-corrected chi connectivity index (χ0v) is 17.5. The van der Waals surface area contributed by atoms with Crippen molar-refractivity contribution < 1.29 is 28.7 Å². The number of amides is 1. The van der Waals surface area contributed by atoms with E-state index in [-0.39, 0.29) is 11.3 Å². The van der Waals surface area contributed by atoms with E-state index in [4.69, 9.17) is 9.15 Å². The van der Waals surface area contributed by atoms with Crippen LogP contribution in [0.3, 0.4) is 0 Å². The highest BCUT2D eigenvalue weighted by atomic mass is 16.5. The molecule has 1 saturated heterocycles. The first-order chi connectivity index (χ1) is 15.6. The summed E-state index contributed by atoms with van der Waals surface area (Å²) in [5.74, 6) is -1.48. The van der Waals surface area contributed by atoms with E-state index in [0.717, 1.165) is 18.5 Å². The number of morpholine rings is 1. The van der Waals surface area contributed by atoms with Gasteiger partial charge in [-0.3, -0.25) is 14.6 Å². The molecule has 0 saturated carbocycles. The summed E-state index contributed by atoms with van der Waals surface area (Å²) < 4.78 is 11.2. The van der Waals surface area contributed by atoms with Crippen LogP contribution >= 0.6 is 0 Å². The number of aliphatic hydroxyl groups excluding tert-OH is 1. The molecule has 8 nitrogen and oxygen atoms in total. The fourth-order valence-electron chi connectivity index (χ4n) is 4.42. The smallest absolute Gasteiger partial charge is 0.290 e. The lowest BCUT2D eigenvalue weighted by Crippen LogP contribution is -3.14. The van der Waals surface area contributed by atoms with Gasteiger partial charge in [-0.25, -0.2) is 0 Å². The normalized spacial score (nSPS) is 19.8. The number of nitrogens with one attached hydrogen (secondary N) is 1. The highest BCUT2D eigenvalue weighted by Crippen LogP contribution is 2.39. The first kappa shape index (κ1) is 20.4. The number of carbonyl (C=O) groups is 2. The standard InChI is InChI=1S/C24H23N3O5/c28-22(19-14-16-4-1-2-6-18(16)32-19)20-21(17-5-3-7-25-15-17)27(24(30)23(20)29)9-8-26-10-12-31-13-11-26/h1-7,14-15,21,29H,8-13H2/p+1. The minimum atomic E-state index is -0.725. The summed E-state index contributed by atoms with van der Waals surface area (Å²) in [6, 6.07) is 11.8. The average molecular weight is 434 g/mol. The van der Waals surface area contributed by atoms with Gasteiger partial charge >= 0.3 is 0 Å². The molecular weight excluding hydrogens is 410 g/mol. The zero-order chi connectivity index (χ0) is 22.1. The number of benzene rings is 1. The van der Waals surface area contributed by atoms with E-state index in [9.17, 15) is 14.7 Å². The fraction of sp³-hybridized carbons (Fsp3) is 0.292. The minimum Gasteiger partial charge on any atom is -0.503 e. The molecule has 1 fully saturated rings. The average Bonchev–Trinajstić information content (AvgIpc) is 3.38. The van der Waals surface area contributed by atoms with E-state index >= 15 is 0 Å². The third-order valence-corrected chi connectivity index (χ3v) is 6.10. The Bertz CT molecular complexity index is 1150. The number of fused-ring (bicyclic) bond motifs is 1. The van der Waals surface area contributed by atoms with Gasteiger partial charge in [-0.1, -0.05) is 24.3 Å². The molecular formula is C24H24N3O5+. The first-order valence-electron chi connectivity index (χ1n) is 10.7. The van der Waals surface area contributed by atoms with Crippen molar-refractivity contribution in [3.8, 4) is 0 Å². The number of hydrogen-bond acceptors (Lipinski definition) is 6. The maximum atomic E-state index is 13.5. The predicted molar refractivity (Wildman–Crippen MR) is 115 cm³/mol. The third-order valence-electron chi connectivity index (χ3n) is 6.10. The third kappa shape index (κ3) is 3.68. The SMILES string of the molecule is O=C(C1=C(O)C(=O)N(CC[NH+]2CCOCC2)C1c1cccnc1)c1cc2ccccc2o1. The van der Waals surface area contributed by atoms with Crippen LogP contribution in [-0.2, 0) is 9.53 Å². The van der Waals surface area contributed by atoms with Crippen molar-refractivity contribution in [1.82, 2.24) is 9.88 Å². The first-order valence-corrected chi connectivity index (χ1v) is 10.7. The Labute approximate surface area is 184 Å². The van der Waals surface area contributed by atoms with Gasteiger partial charge in [0, 0.05) is 17.8 Å². The summed E-state index contributed by atoms with van der Waals surface area (Å²) in [5, 5.41) is 11.6. The van der Waals surface area contributed by atoms with Crippen LogP contribution in [0.2, 0.25) is 0 Å². The number of furan rings is 1. The molecule has 0 radical (unpaired) electrons. The van der Waals surface area contributed by atoms with Crippen molar-refractivity contribution in [2.75, 3.05) is 39.4 Å². The van der Waals surface area contributed by atoms with Gasteiger partial charge < -0.3 is 24.1 Å². The molecule has 1 unspecified atom stereocenters. The van der Waals surface area contributed by atoms with Crippen LogP contribution in [0.5, 0.6) is 0 Å². The van der Waals surface area contributed by atoms with Gasteiger partial charge in [0.1, 0.15) is 18.7 Å². The second kappa shape index (κ2) is 8.57. The summed E-state index contributed by atoms with van der Waals surface area (Å²) in [7, 11) is 0. The Morgan fingerprint density at radius 1 is 1.19 bits per heavy atom. The van der Waals surface area contributed by atoms with Gasteiger partial charge in [0.25, 0.3) is 5.91 Å². The van der Waals surface area contributed by atoms with E-state index in [0.29, 0.717) is 37.4 Å². The highest BCUT2D eigenvalue weighted by Gasteiger charge is 2.45. The Balaban J connectivity index is 1.49. The summed E-state index contributed by atoms with van der Waals surface area (Å²) in [6.45, 7) is 4.21. The van der Waals surface area contributed by atoms with E-state index in [1.165, 1.54) is 4.90 Å². The number of ether oxygens (including phenoxy) is 1. The molecule has 2 N–H and O–H groups in total. The molecule has 1 atom stereocenters. The number of hydrogen-bond donors (Lipinski definition) is 2. The lowest BCUT2D eigenvalue weighted by molar-refractivity contribution is -0.907. The number of carbonyl (C=O) groups excluding carboxylic acids is 2. The molecule has 0 spiro atoms. The zero-order valence-electron chi connectivity index (χ0n) is 17.5. The number of nitrogens with zero attached hydrogens (tertiary/aromatic N) is 2. The largest absolute Gasteiger partial charge is 0.503 e. The van der Waals surface area contributed by atoms with Crippen molar-refractivity contribution in [3.05, 3.63) is 77.5 Å². The number of quaternary nitrogens is 1. The molecule has 2 aromatic heterocycles. The van der Waals surface area contributed by atoms with Crippen LogP contribution in [0.4, 0.5) is 0 Å². The lowest BCUT2D eigenvalue weighted by Gasteiger charge is -2.29. The number of ketones is 1. The van der Waals surface area contributed by atoms with Crippen molar-refractivity contribution >= 4 is 22.7 Å². The maximum absolute atomic E-state index is 13.5. The van der Waals surface area contributed by atoms with Gasteiger partial charge in [-0.2, -0.15) is 0 Å². The second-order valence-electron chi connectivity index (χ2n) is 8.04. The van der Waals surface area contributed by atoms with Crippen LogP contribution in [0.1, 0.15) is 22.2 Å². The maximum Gasteiger partial charge on any atom is 0.290 e. The molecule has 3 aromatic rings. The number of pyridine rings is 1. The molecule has 1 amide bonds. The summed E-state index contributed by atoms with van der Waals surface area (Å²) in [4.78, 5) is 33.6. The second-order valence-corrected chi connectivity index (χ2v) is 8.04. The predicted octanol–water partition coefficient (Wildman–Crippen LogP) is 1.32. The summed E-state index contributed by atoms with van der Waals surface area (Å²) in [6.07, 6.45) is 3.25. The Hall–Kier alpha value is -3.49. The Kier molecular flexibility index (Phi) is 5.46. The van der Waals surface area contributed by atoms with Crippen LogP contribution in [0.25, 0.3) is 11.0 Å². The van der Waals surface area contributed by atoms with E-state index in [1.807, 2.05) is 24.3 Å².